The number of nitrogens with one attached hydrogen (secondary N) is 1. The zero-order valence-corrected chi connectivity index (χ0v) is 12.7. The number of hydrogen-bond donors (Lipinski definition) is 2. The molecular formula is C14H22N6. The van der Waals surface area contributed by atoms with Crippen LogP contribution in [0.5, 0.6) is 0 Å². The van der Waals surface area contributed by atoms with Crippen LogP contribution < -0.4 is 11.3 Å². The Hall–Kier alpha value is -1.95. The van der Waals surface area contributed by atoms with E-state index in [1.165, 1.54) is 0 Å². The predicted octanol–water partition coefficient (Wildman–Crippen LogP) is 2.02. The molecule has 0 aliphatic rings. The lowest BCUT2D eigenvalue weighted by molar-refractivity contribution is 0.554. The van der Waals surface area contributed by atoms with E-state index in [0.717, 1.165) is 23.4 Å². The minimum Gasteiger partial charge on any atom is -0.308 e. The first-order valence-corrected chi connectivity index (χ1v) is 6.74. The smallest absolute Gasteiger partial charge is 0.165 e. The minimum absolute atomic E-state index is 0.0710. The highest BCUT2D eigenvalue weighted by Gasteiger charge is 2.24. The molecule has 0 aromatic carbocycles. The molecule has 0 saturated heterocycles. The lowest BCUT2D eigenvalue weighted by Gasteiger charge is -2.17. The molecule has 0 bridgehead atoms. The Balaban J connectivity index is 2.62. The summed E-state index contributed by atoms with van der Waals surface area (Å²) in [7, 11) is 1.91. The highest BCUT2D eigenvalue weighted by atomic mass is 15.3. The number of rotatable bonds is 3. The molecule has 0 fully saturated rings. The van der Waals surface area contributed by atoms with Crippen molar-refractivity contribution in [3.8, 4) is 11.4 Å². The highest BCUT2D eigenvalue weighted by molar-refractivity contribution is 5.61. The summed E-state index contributed by atoms with van der Waals surface area (Å²) in [6.45, 7) is 8.44. The number of nitrogen functional groups attached to an aromatic ring is 1. The zero-order chi connectivity index (χ0) is 14.9. The van der Waals surface area contributed by atoms with E-state index in [0.29, 0.717) is 11.6 Å². The van der Waals surface area contributed by atoms with Gasteiger partial charge in [0.25, 0.3) is 0 Å². The van der Waals surface area contributed by atoms with Gasteiger partial charge in [0.2, 0.25) is 0 Å². The van der Waals surface area contributed by atoms with Gasteiger partial charge in [-0.15, -0.1) is 0 Å². The number of hydrazine groups is 1. The second-order valence-electron chi connectivity index (χ2n) is 5.88. The van der Waals surface area contributed by atoms with Crippen LogP contribution in [0.3, 0.4) is 0 Å². The summed E-state index contributed by atoms with van der Waals surface area (Å²) < 4.78 is 1.80. The largest absolute Gasteiger partial charge is 0.308 e. The average Bonchev–Trinajstić information content (AvgIpc) is 2.80. The Labute approximate surface area is 119 Å². The van der Waals surface area contributed by atoms with Gasteiger partial charge >= 0.3 is 0 Å². The third-order valence-corrected chi connectivity index (χ3v) is 3.07. The molecule has 2 rings (SSSR count). The third kappa shape index (κ3) is 2.80. The summed E-state index contributed by atoms with van der Waals surface area (Å²) in [6, 6.07) is 1.86. The maximum atomic E-state index is 5.49. The molecule has 0 aliphatic carbocycles. The molecule has 3 N–H and O–H groups in total. The van der Waals surface area contributed by atoms with Crippen LogP contribution in [0.2, 0.25) is 0 Å². The van der Waals surface area contributed by atoms with Crippen LogP contribution >= 0.6 is 0 Å². The van der Waals surface area contributed by atoms with Crippen LogP contribution in [0, 0.1) is 0 Å². The number of hydrogen-bond acceptors (Lipinski definition) is 5. The molecule has 0 unspecified atom stereocenters. The predicted molar refractivity (Wildman–Crippen MR) is 80.1 cm³/mol. The number of aryl methyl sites for hydroxylation is 2. The van der Waals surface area contributed by atoms with Crippen LogP contribution in [0.4, 0.5) is 5.82 Å². The van der Waals surface area contributed by atoms with Crippen molar-refractivity contribution >= 4 is 5.82 Å². The molecular weight excluding hydrogens is 252 g/mol. The maximum absolute atomic E-state index is 5.49. The molecule has 2 aromatic heterocycles. The van der Waals surface area contributed by atoms with Crippen molar-refractivity contribution in [2.24, 2.45) is 12.9 Å². The summed E-state index contributed by atoms with van der Waals surface area (Å²) in [5.41, 5.74) is 5.41. The van der Waals surface area contributed by atoms with Gasteiger partial charge in [0.1, 0.15) is 5.82 Å². The summed E-state index contributed by atoms with van der Waals surface area (Å²) in [5, 5.41) is 4.55. The van der Waals surface area contributed by atoms with E-state index in [1.54, 1.807) is 4.68 Å². The third-order valence-electron chi connectivity index (χ3n) is 3.07. The molecule has 0 aliphatic heterocycles. The molecule has 0 radical (unpaired) electrons. The van der Waals surface area contributed by atoms with E-state index in [9.17, 15) is 0 Å². The van der Waals surface area contributed by atoms with Gasteiger partial charge in [0.05, 0.1) is 11.3 Å². The number of anilines is 1. The van der Waals surface area contributed by atoms with Crippen LogP contribution in [-0.4, -0.2) is 19.7 Å². The van der Waals surface area contributed by atoms with Crippen molar-refractivity contribution in [3.63, 3.8) is 0 Å². The summed E-state index contributed by atoms with van der Waals surface area (Å²) in [4.78, 5) is 9.05. The molecule has 0 saturated carbocycles. The first kappa shape index (κ1) is 14.5. The van der Waals surface area contributed by atoms with Crippen molar-refractivity contribution in [1.82, 2.24) is 19.7 Å². The first-order chi connectivity index (χ1) is 9.35. The Bertz CT molecular complexity index is 586. The van der Waals surface area contributed by atoms with Crippen molar-refractivity contribution in [2.45, 2.75) is 39.5 Å². The number of nitrogens with two attached hydrogens (primary N) is 1. The summed E-state index contributed by atoms with van der Waals surface area (Å²) in [5.74, 6) is 6.77. The van der Waals surface area contributed by atoms with Crippen LogP contribution in [-0.2, 0) is 18.9 Å². The van der Waals surface area contributed by atoms with Gasteiger partial charge in [-0.3, -0.25) is 4.68 Å². The van der Waals surface area contributed by atoms with E-state index in [4.69, 9.17) is 5.84 Å². The van der Waals surface area contributed by atoms with Gasteiger partial charge in [-0.05, 0) is 6.42 Å². The Kier molecular flexibility index (Phi) is 3.76. The monoisotopic (exact) mass is 274 g/mol. The Morgan fingerprint density at radius 1 is 1.30 bits per heavy atom. The van der Waals surface area contributed by atoms with Crippen LogP contribution in [0.1, 0.15) is 39.1 Å². The minimum atomic E-state index is -0.0710. The summed E-state index contributed by atoms with van der Waals surface area (Å²) >= 11 is 0. The maximum Gasteiger partial charge on any atom is 0.165 e. The molecule has 20 heavy (non-hydrogen) atoms. The molecule has 2 aromatic rings. The highest BCUT2D eigenvalue weighted by Crippen LogP contribution is 2.30. The number of nitrogens with zero attached hydrogens (tertiary/aromatic N) is 4. The van der Waals surface area contributed by atoms with Crippen LogP contribution in [0.25, 0.3) is 11.4 Å². The second kappa shape index (κ2) is 5.20. The van der Waals surface area contributed by atoms with Gasteiger partial charge in [-0.1, -0.05) is 27.7 Å². The average molecular weight is 274 g/mol. The van der Waals surface area contributed by atoms with Crippen molar-refractivity contribution in [2.75, 3.05) is 5.43 Å². The van der Waals surface area contributed by atoms with Crippen LogP contribution in [0.15, 0.2) is 12.3 Å². The Morgan fingerprint density at radius 3 is 2.55 bits per heavy atom. The van der Waals surface area contributed by atoms with Gasteiger partial charge in [-0.2, -0.15) is 5.10 Å². The SMILES string of the molecule is CCc1cc(NN)nc(-c2cn(C)nc2C(C)(C)C)n1. The zero-order valence-electron chi connectivity index (χ0n) is 12.7. The van der Waals surface area contributed by atoms with E-state index in [2.05, 4.69) is 48.2 Å². The van der Waals surface area contributed by atoms with Crippen molar-refractivity contribution in [1.29, 1.82) is 0 Å². The van der Waals surface area contributed by atoms with E-state index >= 15 is 0 Å². The fourth-order valence-electron chi connectivity index (χ4n) is 2.08. The standard InChI is InChI=1S/C14H22N6/c1-6-9-7-11(18-15)17-13(16-9)10-8-20(5)19-12(10)14(2,3)4/h7-8H,6,15H2,1-5H3,(H,16,17,18). The van der Waals surface area contributed by atoms with E-state index in [-0.39, 0.29) is 5.41 Å². The van der Waals surface area contributed by atoms with Gasteiger partial charge in [0, 0.05) is 30.4 Å². The normalized spacial score (nSPS) is 11.7. The van der Waals surface area contributed by atoms with Crippen molar-refractivity contribution < 1.29 is 0 Å². The summed E-state index contributed by atoms with van der Waals surface area (Å²) in [6.07, 6.45) is 2.78. The lowest BCUT2D eigenvalue weighted by atomic mass is 9.89. The molecule has 108 valence electrons. The molecule has 6 heteroatoms. The van der Waals surface area contributed by atoms with Gasteiger partial charge in [-0.25, -0.2) is 15.8 Å². The quantitative estimate of drug-likeness (QED) is 0.661. The topological polar surface area (TPSA) is 81.6 Å². The molecule has 0 spiro atoms. The van der Waals surface area contributed by atoms with Gasteiger partial charge < -0.3 is 5.43 Å². The lowest BCUT2D eigenvalue weighted by Crippen LogP contribution is -2.15. The molecule has 2 heterocycles. The number of aromatic nitrogens is 4. The molecule has 0 atom stereocenters. The molecule has 6 nitrogen and oxygen atoms in total. The second-order valence-corrected chi connectivity index (χ2v) is 5.88. The van der Waals surface area contributed by atoms with E-state index in [1.807, 2.05) is 19.3 Å². The fourth-order valence-corrected chi connectivity index (χ4v) is 2.08. The molecule has 0 amide bonds. The van der Waals surface area contributed by atoms with E-state index < -0.39 is 0 Å². The first-order valence-electron chi connectivity index (χ1n) is 6.74. The Morgan fingerprint density at radius 2 is 2.00 bits per heavy atom. The fraction of sp³-hybridized carbons (Fsp3) is 0.500. The van der Waals surface area contributed by atoms with Gasteiger partial charge in [0.15, 0.2) is 5.82 Å². The van der Waals surface area contributed by atoms with Crippen molar-refractivity contribution in [3.05, 3.63) is 23.7 Å².